The van der Waals surface area contributed by atoms with Gasteiger partial charge < -0.3 is 14.8 Å². The fourth-order valence-corrected chi connectivity index (χ4v) is 2.88. The van der Waals surface area contributed by atoms with Crippen molar-refractivity contribution in [2.75, 3.05) is 13.7 Å². The number of nitrogens with one attached hydrogen (secondary N) is 1. The molecule has 112 valence electrons. The third-order valence-electron chi connectivity index (χ3n) is 4.43. The van der Waals surface area contributed by atoms with Crippen LogP contribution in [0.25, 0.3) is 0 Å². The fourth-order valence-electron chi connectivity index (χ4n) is 2.88. The van der Waals surface area contributed by atoms with Crippen molar-refractivity contribution in [1.82, 2.24) is 5.32 Å². The molecule has 0 saturated heterocycles. The zero-order chi connectivity index (χ0) is 14.6. The van der Waals surface area contributed by atoms with E-state index in [0.717, 1.165) is 19.6 Å². The molecule has 20 heavy (non-hydrogen) atoms. The lowest BCUT2D eigenvalue weighted by molar-refractivity contribution is -0.114. The normalized spacial score (nSPS) is 24.4. The van der Waals surface area contributed by atoms with E-state index in [0.29, 0.717) is 18.8 Å². The van der Waals surface area contributed by atoms with Gasteiger partial charge in [-0.05, 0) is 24.5 Å². The van der Waals surface area contributed by atoms with E-state index < -0.39 is 0 Å². The maximum atomic E-state index is 5.76. The van der Waals surface area contributed by atoms with Gasteiger partial charge in [-0.15, -0.1) is 0 Å². The molecule has 1 saturated carbocycles. The van der Waals surface area contributed by atoms with Gasteiger partial charge in [0.1, 0.15) is 0 Å². The lowest BCUT2D eigenvalue weighted by Crippen LogP contribution is -2.60. The summed E-state index contributed by atoms with van der Waals surface area (Å²) in [5, 5.41) is 3.65. The van der Waals surface area contributed by atoms with Gasteiger partial charge in [-0.25, -0.2) is 0 Å². The second-order valence-corrected chi connectivity index (χ2v) is 6.18. The quantitative estimate of drug-likeness (QED) is 0.830. The first-order chi connectivity index (χ1) is 9.57. The van der Waals surface area contributed by atoms with E-state index in [2.05, 4.69) is 50.4 Å². The molecule has 2 rings (SSSR count). The molecule has 1 aromatic carbocycles. The van der Waals surface area contributed by atoms with Crippen LogP contribution in [0.3, 0.4) is 0 Å². The molecule has 2 unspecified atom stereocenters. The van der Waals surface area contributed by atoms with Crippen LogP contribution in [0.5, 0.6) is 0 Å². The summed E-state index contributed by atoms with van der Waals surface area (Å²) in [7, 11) is 1.73. The van der Waals surface area contributed by atoms with Gasteiger partial charge in [-0.2, -0.15) is 0 Å². The Bertz CT molecular complexity index is 414. The van der Waals surface area contributed by atoms with Crippen LogP contribution in [0.2, 0.25) is 0 Å². The Morgan fingerprint density at radius 2 is 1.85 bits per heavy atom. The summed E-state index contributed by atoms with van der Waals surface area (Å²) in [6.45, 7) is 9.05. The molecule has 3 heteroatoms. The van der Waals surface area contributed by atoms with Crippen molar-refractivity contribution < 1.29 is 9.47 Å². The standard InChI is InChI=1S/C17H27NO2/c1-5-20-16-10-15(17(16,2)3)18-11-13-6-8-14(9-7-13)12-19-4/h6-9,15-16,18H,5,10-12H2,1-4H3. The Balaban J connectivity index is 1.81. The van der Waals surface area contributed by atoms with E-state index in [9.17, 15) is 0 Å². The summed E-state index contributed by atoms with van der Waals surface area (Å²) in [5.74, 6) is 0. The zero-order valence-electron chi connectivity index (χ0n) is 13.1. The SMILES string of the molecule is CCOC1CC(NCc2ccc(COC)cc2)C1(C)C. The van der Waals surface area contributed by atoms with E-state index in [1.165, 1.54) is 11.1 Å². The minimum atomic E-state index is 0.228. The van der Waals surface area contributed by atoms with Gasteiger partial charge in [0.05, 0.1) is 12.7 Å². The van der Waals surface area contributed by atoms with Crippen molar-refractivity contribution in [3.63, 3.8) is 0 Å². The first kappa shape index (κ1) is 15.5. The minimum absolute atomic E-state index is 0.228. The van der Waals surface area contributed by atoms with Gasteiger partial charge in [0.25, 0.3) is 0 Å². The van der Waals surface area contributed by atoms with E-state index in [-0.39, 0.29) is 5.41 Å². The Morgan fingerprint density at radius 3 is 2.40 bits per heavy atom. The molecule has 1 fully saturated rings. The van der Waals surface area contributed by atoms with Crippen LogP contribution in [-0.2, 0) is 22.6 Å². The molecule has 0 aromatic heterocycles. The molecule has 2 atom stereocenters. The number of ether oxygens (including phenoxy) is 2. The van der Waals surface area contributed by atoms with Gasteiger partial charge in [0.2, 0.25) is 0 Å². The molecule has 0 aliphatic heterocycles. The molecule has 0 heterocycles. The highest BCUT2D eigenvalue weighted by molar-refractivity contribution is 5.22. The van der Waals surface area contributed by atoms with Crippen molar-refractivity contribution in [3.05, 3.63) is 35.4 Å². The number of methoxy groups -OCH3 is 1. The van der Waals surface area contributed by atoms with Crippen molar-refractivity contribution in [3.8, 4) is 0 Å². The van der Waals surface area contributed by atoms with E-state index in [4.69, 9.17) is 9.47 Å². The maximum Gasteiger partial charge on any atom is 0.0713 e. The van der Waals surface area contributed by atoms with Crippen molar-refractivity contribution in [2.45, 2.75) is 52.5 Å². The predicted molar refractivity (Wildman–Crippen MR) is 81.6 cm³/mol. The first-order valence-electron chi connectivity index (χ1n) is 7.49. The van der Waals surface area contributed by atoms with Crippen molar-refractivity contribution >= 4 is 0 Å². The maximum absolute atomic E-state index is 5.76. The zero-order valence-corrected chi connectivity index (χ0v) is 13.1. The second kappa shape index (κ2) is 6.70. The van der Waals surface area contributed by atoms with Gasteiger partial charge in [0.15, 0.2) is 0 Å². The second-order valence-electron chi connectivity index (χ2n) is 6.18. The highest BCUT2D eigenvalue weighted by atomic mass is 16.5. The van der Waals surface area contributed by atoms with Crippen LogP contribution in [0.4, 0.5) is 0 Å². The summed E-state index contributed by atoms with van der Waals surface area (Å²) in [6.07, 6.45) is 1.51. The van der Waals surface area contributed by atoms with Crippen molar-refractivity contribution in [1.29, 1.82) is 0 Å². The monoisotopic (exact) mass is 277 g/mol. The Hall–Kier alpha value is -0.900. The molecule has 1 aromatic rings. The highest BCUT2D eigenvalue weighted by Gasteiger charge is 2.48. The highest BCUT2D eigenvalue weighted by Crippen LogP contribution is 2.42. The Morgan fingerprint density at radius 1 is 1.20 bits per heavy atom. The molecule has 1 aliphatic carbocycles. The molecule has 0 radical (unpaired) electrons. The molecule has 0 bridgehead atoms. The molecule has 0 amide bonds. The molecule has 3 nitrogen and oxygen atoms in total. The lowest BCUT2D eigenvalue weighted by Gasteiger charge is -2.52. The smallest absolute Gasteiger partial charge is 0.0713 e. The molecule has 1 aliphatic rings. The average Bonchev–Trinajstić information content (AvgIpc) is 2.44. The van der Waals surface area contributed by atoms with E-state index >= 15 is 0 Å². The minimum Gasteiger partial charge on any atom is -0.380 e. The summed E-state index contributed by atoms with van der Waals surface area (Å²) in [4.78, 5) is 0. The van der Waals surface area contributed by atoms with Gasteiger partial charge >= 0.3 is 0 Å². The number of hydrogen-bond acceptors (Lipinski definition) is 3. The largest absolute Gasteiger partial charge is 0.380 e. The van der Waals surface area contributed by atoms with Crippen LogP contribution in [-0.4, -0.2) is 25.9 Å². The Kier molecular flexibility index (Phi) is 5.19. The van der Waals surface area contributed by atoms with E-state index in [1.54, 1.807) is 7.11 Å². The molecule has 0 spiro atoms. The lowest BCUT2D eigenvalue weighted by atomic mass is 9.64. The van der Waals surface area contributed by atoms with Gasteiger partial charge in [-0.3, -0.25) is 0 Å². The molecular formula is C17H27NO2. The van der Waals surface area contributed by atoms with Crippen LogP contribution >= 0.6 is 0 Å². The molecule has 1 N–H and O–H groups in total. The number of rotatable bonds is 7. The number of hydrogen-bond donors (Lipinski definition) is 1. The average molecular weight is 277 g/mol. The topological polar surface area (TPSA) is 30.5 Å². The Labute approximate surface area is 122 Å². The van der Waals surface area contributed by atoms with Crippen LogP contribution in [0.1, 0.15) is 38.3 Å². The summed E-state index contributed by atoms with van der Waals surface area (Å²) in [6, 6.07) is 9.16. The first-order valence-corrected chi connectivity index (χ1v) is 7.49. The van der Waals surface area contributed by atoms with Gasteiger partial charge in [0, 0.05) is 31.7 Å². The summed E-state index contributed by atoms with van der Waals surface area (Å²) >= 11 is 0. The van der Waals surface area contributed by atoms with E-state index in [1.807, 2.05) is 0 Å². The summed E-state index contributed by atoms with van der Waals surface area (Å²) in [5.41, 5.74) is 2.77. The third kappa shape index (κ3) is 3.40. The van der Waals surface area contributed by atoms with Crippen LogP contribution in [0.15, 0.2) is 24.3 Å². The van der Waals surface area contributed by atoms with Crippen molar-refractivity contribution in [2.24, 2.45) is 5.41 Å². The fraction of sp³-hybridized carbons (Fsp3) is 0.647. The van der Waals surface area contributed by atoms with Crippen LogP contribution in [0, 0.1) is 5.41 Å². The third-order valence-corrected chi connectivity index (χ3v) is 4.43. The molecular weight excluding hydrogens is 250 g/mol. The van der Waals surface area contributed by atoms with Crippen LogP contribution < -0.4 is 5.32 Å². The number of benzene rings is 1. The van der Waals surface area contributed by atoms with Gasteiger partial charge in [-0.1, -0.05) is 38.1 Å². The predicted octanol–water partition coefficient (Wildman–Crippen LogP) is 3.13. The summed E-state index contributed by atoms with van der Waals surface area (Å²) < 4.78 is 10.9.